The number of tetrazole rings is 1. The van der Waals surface area contributed by atoms with Crippen molar-refractivity contribution in [3.8, 4) is 11.3 Å². The van der Waals surface area contributed by atoms with Gasteiger partial charge >= 0.3 is 0 Å². The third-order valence-corrected chi connectivity index (χ3v) is 5.05. The van der Waals surface area contributed by atoms with Gasteiger partial charge in [-0.1, -0.05) is 41.5 Å². The topological polar surface area (TPSA) is 101 Å². The Bertz CT molecular complexity index is 1100. The van der Waals surface area contributed by atoms with E-state index in [2.05, 4.69) is 31.0 Å². The van der Waals surface area contributed by atoms with Crippen LogP contribution in [-0.2, 0) is 0 Å². The van der Waals surface area contributed by atoms with Crippen molar-refractivity contribution in [2.75, 3.05) is 5.32 Å². The molecule has 8 nitrogen and oxygen atoms in total. The highest BCUT2D eigenvalue weighted by molar-refractivity contribution is 7.10. The molecule has 3 aromatic heterocycles. The number of aromatic amines is 1. The van der Waals surface area contributed by atoms with Gasteiger partial charge in [0, 0.05) is 16.0 Å². The van der Waals surface area contributed by atoms with E-state index in [-0.39, 0.29) is 11.6 Å². The van der Waals surface area contributed by atoms with Gasteiger partial charge in [0.25, 0.3) is 5.56 Å². The van der Waals surface area contributed by atoms with E-state index in [9.17, 15) is 4.79 Å². The fourth-order valence-corrected chi connectivity index (χ4v) is 3.88. The van der Waals surface area contributed by atoms with Crippen LogP contribution in [0.3, 0.4) is 0 Å². The first-order chi connectivity index (χ1) is 12.3. The molecule has 1 atom stereocenters. The summed E-state index contributed by atoms with van der Waals surface area (Å²) in [5.41, 5.74) is 2.49. The number of anilines is 2. The first-order valence-corrected chi connectivity index (χ1v) is 8.47. The summed E-state index contributed by atoms with van der Waals surface area (Å²) < 4.78 is 1.68. The molecule has 0 saturated carbocycles. The number of aromatic nitrogens is 6. The summed E-state index contributed by atoms with van der Waals surface area (Å²) in [5.74, 6) is 0.432. The molecular formula is C16H11N7OS. The van der Waals surface area contributed by atoms with Gasteiger partial charge in [-0.15, -0.1) is 11.3 Å². The molecule has 1 aliphatic heterocycles. The number of hydrogen-bond acceptors (Lipinski definition) is 7. The summed E-state index contributed by atoms with van der Waals surface area (Å²) in [5, 5.41) is 23.8. The van der Waals surface area contributed by atoms with E-state index in [1.165, 1.54) is 0 Å². The number of rotatable bonds is 2. The minimum Gasteiger partial charge on any atom is -0.318 e. The highest BCUT2D eigenvalue weighted by atomic mass is 32.1. The summed E-state index contributed by atoms with van der Waals surface area (Å²) in [6.45, 7) is 0. The van der Waals surface area contributed by atoms with E-state index >= 15 is 0 Å². The molecule has 2 N–H and O–H groups in total. The van der Waals surface area contributed by atoms with E-state index < -0.39 is 0 Å². The molecule has 1 unspecified atom stereocenters. The number of benzene rings is 1. The highest BCUT2D eigenvalue weighted by Crippen LogP contribution is 2.42. The Kier molecular flexibility index (Phi) is 3.01. The van der Waals surface area contributed by atoms with Gasteiger partial charge in [0.1, 0.15) is 11.7 Å². The first kappa shape index (κ1) is 14.1. The van der Waals surface area contributed by atoms with Crippen molar-refractivity contribution in [2.45, 2.75) is 6.04 Å². The number of nitrogens with zero attached hydrogens (tertiary/aromatic N) is 5. The van der Waals surface area contributed by atoms with Crippen molar-refractivity contribution < 1.29 is 0 Å². The largest absolute Gasteiger partial charge is 0.318 e. The predicted molar refractivity (Wildman–Crippen MR) is 93.0 cm³/mol. The van der Waals surface area contributed by atoms with Crippen LogP contribution in [0.1, 0.15) is 16.5 Å². The smallest absolute Gasteiger partial charge is 0.288 e. The summed E-state index contributed by atoms with van der Waals surface area (Å²) in [6.07, 6.45) is 0. The fraction of sp³-hybridized carbons (Fsp3) is 0.0625. The summed E-state index contributed by atoms with van der Waals surface area (Å²) >= 11 is 1.59. The van der Waals surface area contributed by atoms with Gasteiger partial charge in [-0.3, -0.25) is 4.79 Å². The van der Waals surface area contributed by atoms with E-state index in [4.69, 9.17) is 0 Å². The molecule has 0 amide bonds. The molecule has 122 valence electrons. The summed E-state index contributed by atoms with van der Waals surface area (Å²) in [4.78, 5) is 13.5. The molecule has 0 fully saturated rings. The predicted octanol–water partition coefficient (Wildman–Crippen LogP) is 2.18. The molecule has 1 aliphatic rings. The van der Waals surface area contributed by atoms with E-state index in [0.29, 0.717) is 17.3 Å². The van der Waals surface area contributed by atoms with Crippen LogP contribution in [0.25, 0.3) is 11.3 Å². The average Bonchev–Trinajstić information content (AvgIpc) is 3.33. The minimum atomic E-state index is -0.314. The normalized spacial score (nSPS) is 15.3. The summed E-state index contributed by atoms with van der Waals surface area (Å²) in [6, 6.07) is 13.4. The Morgan fingerprint density at radius 2 is 2.00 bits per heavy atom. The van der Waals surface area contributed by atoms with Gasteiger partial charge in [0.05, 0.1) is 5.69 Å². The van der Waals surface area contributed by atoms with Gasteiger partial charge < -0.3 is 5.32 Å². The van der Waals surface area contributed by atoms with Gasteiger partial charge in [-0.05, 0) is 21.9 Å². The second-order valence-electron chi connectivity index (χ2n) is 5.55. The van der Waals surface area contributed by atoms with Crippen molar-refractivity contribution in [3.63, 3.8) is 0 Å². The molecule has 0 radical (unpaired) electrons. The van der Waals surface area contributed by atoms with Crippen LogP contribution in [0, 0.1) is 0 Å². The molecule has 0 saturated heterocycles. The number of nitrogens with one attached hydrogen (secondary N) is 2. The van der Waals surface area contributed by atoms with Gasteiger partial charge in [0.2, 0.25) is 5.95 Å². The molecule has 4 aromatic rings. The monoisotopic (exact) mass is 349 g/mol. The Morgan fingerprint density at radius 3 is 2.80 bits per heavy atom. The maximum absolute atomic E-state index is 12.4. The molecule has 4 heterocycles. The zero-order valence-corrected chi connectivity index (χ0v) is 13.6. The lowest BCUT2D eigenvalue weighted by Crippen LogP contribution is -2.28. The van der Waals surface area contributed by atoms with Crippen molar-refractivity contribution in [1.82, 2.24) is 30.4 Å². The SMILES string of the molecule is O=c1[nH]nc(-c2ccccc2)c2c1Nc1nnnn1C2c1cccs1. The number of H-pyrrole nitrogens is 1. The van der Waals surface area contributed by atoms with Crippen LogP contribution in [-0.4, -0.2) is 30.4 Å². The third-order valence-electron chi connectivity index (χ3n) is 4.13. The van der Waals surface area contributed by atoms with Gasteiger partial charge in [0.15, 0.2) is 0 Å². The van der Waals surface area contributed by atoms with E-state index in [1.807, 2.05) is 47.8 Å². The lowest BCUT2D eigenvalue weighted by atomic mass is 9.96. The van der Waals surface area contributed by atoms with Crippen molar-refractivity contribution >= 4 is 23.0 Å². The maximum Gasteiger partial charge on any atom is 0.288 e. The molecule has 0 aliphatic carbocycles. The lowest BCUT2D eigenvalue weighted by molar-refractivity contribution is 0.574. The minimum absolute atomic E-state index is 0.300. The van der Waals surface area contributed by atoms with Gasteiger partial charge in [-0.25, -0.2) is 5.10 Å². The Hall–Kier alpha value is -3.33. The second kappa shape index (κ2) is 5.35. The lowest BCUT2D eigenvalue weighted by Gasteiger charge is -2.26. The average molecular weight is 349 g/mol. The zero-order valence-electron chi connectivity index (χ0n) is 12.7. The van der Waals surface area contributed by atoms with Crippen LogP contribution in [0.15, 0.2) is 52.6 Å². The highest BCUT2D eigenvalue weighted by Gasteiger charge is 2.34. The molecule has 0 spiro atoms. The molecule has 1 aromatic carbocycles. The van der Waals surface area contributed by atoms with Crippen LogP contribution in [0.2, 0.25) is 0 Å². The van der Waals surface area contributed by atoms with Crippen LogP contribution in [0.5, 0.6) is 0 Å². The second-order valence-corrected chi connectivity index (χ2v) is 6.53. The molecule has 25 heavy (non-hydrogen) atoms. The van der Waals surface area contributed by atoms with Crippen LogP contribution in [0.4, 0.5) is 11.6 Å². The van der Waals surface area contributed by atoms with E-state index in [0.717, 1.165) is 16.0 Å². The first-order valence-electron chi connectivity index (χ1n) is 7.59. The molecule has 9 heteroatoms. The van der Waals surface area contributed by atoms with Crippen molar-refractivity contribution in [2.24, 2.45) is 0 Å². The third kappa shape index (κ3) is 2.09. The Morgan fingerprint density at radius 1 is 1.12 bits per heavy atom. The standard InChI is InChI=1S/C16H11N7OS/c24-15-13-11(12(18-19-15)9-5-2-1-3-6-9)14(10-7-4-8-25-10)23-16(17-13)20-21-22-23/h1-8,14H,(H,19,24)(H,17,20,22). The van der Waals surface area contributed by atoms with Crippen LogP contribution < -0.4 is 10.9 Å². The maximum atomic E-state index is 12.4. The molecule has 0 bridgehead atoms. The van der Waals surface area contributed by atoms with E-state index in [1.54, 1.807) is 16.0 Å². The Balaban J connectivity index is 1.85. The zero-order chi connectivity index (χ0) is 16.8. The van der Waals surface area contributed by atoms with Crippen LogP contribution >= 0.6 is 11.3 Å². The number of fused-ring (bicyclic) bond motifs is 2. The summed E-state index contributed by atoms with van der Waals surface area (Å²) in [7, 11) is 0. The fourth-order valence-electron chi connectivity index (χ4n) is 3.06. The van der Waals surface area contributed by atoms with Crippen molar-refractivity contribution in [3.05, 3.63) is 68.6 Å². The van der Waals surface area contributed by atoms with Gasteiger partial charge in [-0.2, -0.15) is 9.78 Å². The Labute approximate surface area is 145 Å². The quantitative estimate of drug-likeness (QED) is 0.506. The number of hydrogen-bond donors (Lipinski definition) is 2. The molecular weight excluding hydrogens is 338 g/mol. The molecule has 5 rings (SSSR count). The van der Waals surface area contributed by atoms with Crippen molar-refractivity contribution in [1.29, 1.82) is 0 Å². The number of thiophene rings is 1.